The van der Waals surface area contributed by atoms with Gasteiger partial charge in [0, 0.05) is 47.4 Å². The van der Waals surface area contributed by atoms with Crippen molar-refractivity contribution >= 4 is 17.0 Å². The molecule has 194 valence electrons. The molecule has 1 heterocycles. The predicted octanol–water partition coefficient (Wildman–Crippen LogP) is 7.37. The summed E-state index contributed by atoms with van der Waals surface area (Å²) in [4.78, 5) is 14.1. The largest absolute Gasteiger partial charge is 0.573 e. The molecule has 37 heavy (non-hydrogen) atoms. The van der Waals surface area contributed by atoms with Gasteiger partial charge in [-0.15, -0.1) is 13.2 Å². The second kappa shape index (κ2) is 10.5. The number of hydrogen-bond donors (Lipinski definition) is 0. The van der Waals surface area contributed by atoms with Gasteiger partial charge in [0.2, 0.25) is 0 Å². The number of hydrogen-bond acceptors (Lipinski definition) is 3. The molecule has 0 saturated carbocycles. The van der Waals surface area contributed by atoms with Crippen molar-refractivity contribution < 1.29 is 36.2 Å². The number of nitrogens with zero attached hydrogens (tertiary/aromatic N) is 2. The third kappa shape index (κ3) is 5.84. The Morgan fingerprint density at radius 3 is 2.24 bits per heavy atom. The van der Waals surface area contributed by atoms with Crippen LogP contribution in [0.25, 0.3) is 22.0 Å². The number of amides is 1. The Labute approximate surface area is 209 Å². The maximum Gasteiger partial charge on any atom is 0.573 e. The number of halogens is 5. The molecule has 0 aliphatic carbocycles. The molecule has 0 radical (unpaired) electrons. The van der Waals surface area contributed by atoms with Crippen molar-refractivity contribution in [2.75, 3.05) is 13.1 Å². The summed E-state index contributed by atoms with van der Waals surface area (Å²) in [6.45, 7) is 4.40. The van der Waals surface area contributed by atoms with E-state index in [0.29, 0.717) is 24.0 Å². The number of fused-ring (bicyclic) bond motifs is 1. The molecule has 0 spiro atoms. The van der Waals surface area contributed by atoms with E-state index in [-0.39, 0.29) is 34.7 Å². The smallest absolute Gasteiger partial charge is 0.410 e. The van der Waals surface area contributed by atoms with Crippen LogP contribution in [0.3, 0.4) is 0 Å². The highest BCUT2D eigenvalue weighted by molar-refractivity contribution is 5.99. The molecular weight excluding hydrogens is 495 g/mol. The topological polar surface area (TPSA) is 43.7 Å². The zero-order chi connectivity index (χ0) is 26.7. The minimum absolute atomic E-state index is 0.0191. The van der Waals surface area contributed by atoms with E-state index in [1.54, 1.807) is 42.8 Å². The van der Waals surface area contributed by atoms with Crippen molar-refractivity contribution in [3.63, 3.8) is 0 Å². The van der Waals surface area contributed by atoms with Crippen molar-refractivity contribution in [2.45, 2.75) is 26.8 Å². The van der Waals surface area contributed by atoms with Crippen LogP contribution in [0.1, 0.15) is 19.4 Å². The van der Waals surface area contributed by atoms with Gasteiger partial charge >= 0.3 is 12.5 Å². The molecule has 0 fully saturated rings. The van der Waals surface area contributed by atoms with Crippen LogP contribution < -0.4 is 9.47 Å². The predicted molar refractivity (Wildman–Crippen MR) is 128 cm³/mol. The first-order chi connectivity index (χ1) is 17.6. The zero-order valence-corrected chi connectivity index (χ0v) is 20.0. The highest BCUT2D eigenvalue weighted by atomic mass is 19.4. The summed E-state index contributed by atoms with van der Waals surface area (Å²) in [6, 6.07) is 13.5. The van der Waals surface area contributed by atoms with Crippen LogP contribution in [0, 0.1) is 11.6 Å². The van der Waals surface area contributed by atoms with Crippen molar-refractivity contribution in [3.05, 3.63) is 84.1 Å². The Balaban J connectivity index is 1.82. The summed E-state index contributed by atoms with van der Waals surface area (Å²) < 4.78 is 78.4. The number of aromatic nitrogens is 1. The van der Waals surface area contributed by atoms with E-state index in [9.17, 15) is 26.7 Å². The number of para-hydroxylation sites is 1. The third-order valence-corrected chi connectivity index (χ3v) is 5.82. The van der Waals surface area contributed by atoms with Crippen LogP contribution in [0.2, 0.25) is 0 Å². The average molecular weight is 518 g/mol. The summed E-state index contributed by atoms with van der Waals surface area (Å²) in [7, 11) is 0. The molecule has 10 heteroatoms. The number of carbonyl (C=O) groups excluding carboxylic acids is 1. The maximum absolute atomic E-state index is 14.2. The summed E-state index contributed by atoms with van der Waals surface area (Å²) >= 11 is 0. The minimum Gasteiger partial charge on any atom is -0.410 e. The number of rotatable bonds is 7. The van der Waals surface area contributed by atoms with E-state index in [1.807, 2.05) is 0 Å². The van der Waals surface area contributed by atoms with Gasteiger partial charge in [-0.25, -0.2) is 13.6 Å². The fourth-order valence-electron chi connectivity index (χ4n) is 4.15. The lowest BCUT2D eigenvalue weighted by atomic mass is 10.00. The van der Waals surface area contributed by atoms with E-state index in [1.165, 1.54) is 29.2 Å². The quantitative estimate of drug-likeness (QED) is 0.240. The molecule has 1 aromatic heterocycles. The van der Waals surface area contributed by atoms with Crippen molar-refractivity contribution in [1.82, 2.24) is 9.47 Å². The molecule has 0 aliphatic rings. The second-order valence-electron chi connectivity index (χ2n) is 8.17. The van der Waals surface area contributed by atoms with Gasteiger partial charge in [0.25, 0.3) is 0 Å². The van der Waals surface area contributed by atoms with Crippen LogP contribution in [0.4, 0.5) is 26.7 Å². The summed E-state index contributed by atoms with van der Waals surface area (Å²) in [5.74, 6) is -1.88. The van der Waals surface area contributed by atoms with E-state index in [4.69, 9.17) is 4.74 Å². The third-order valence-electron chi connectivity index (χ3n) is 5.82. The molecular formula is C27H23F5N2O3. The lowest BCUT2D eigenvalue weighted by Gasteiger charge is -2.20. The molecule has 0 saturated heterocycles. The standard InChI is InChI=1S/C27H23F5N2O3/c1-3-33(4-2)26(35)36-24-10-9-22-21(25(24)18-13-19(28)15-20(29)14-18)11-12-34(22)16-17-7-5-6-8-23(17)37-27(30,31)32/h5-15H,3-4,16H2,1-2H3. The van der Waals surface area contributed by atoms with Gasteiger partial charge in [0.05, 0.1) is 6.54 Å². The first-order valence-corrected chi connectivity index (χ1v) is 11.5. The lowest BCUT2D eigenvalue weighted by Crippen LogP contribution is -2.33. The second-order valence-corrected chi connectivity index (χ2v) is 8.17. The maximum atomic E-state index is 14.2. The molecule has 3 aromatic carbocycles. The lowest BCUT2D eigenvalue weighted by molar-refractivity contribution is -0.274. The Hall–Kier alpha value is -4.08. The van der Waals surface area contributed by atoms with E-state index in [0.717, 1.165) is 18.2 Å². The summed E-state index contributed by atoms with van der Waals surface area (Å²) in [5, 5.41) is 0.490. The monoisotopic (exact) mass is 518 g/mol. The number of carbonyl (C=O) groups is 1. The van der Waals surface area contributed by atoms with Crippen LogP contribution in [0.15, 0.2) is 66.9 Å². The van der Waals surface area contributed by atoms with Gasteiger partial charge in [-0.3, -0.25) is 0 Å². The van der Waals surface area contributed by atoms with Gasteiger partial charge in [-0.1, -0.05) is 18.2 Å². The molecule has 0 bridgehead atoms. The highest BCUT2D eigenvalue weighted by Gasteiger charge is 2.32. The van der Waals surface area contributed by atoms with Crippen LogP contribution >= 0.6 is 0 Å². The Morgan fingerprint density at radius 2 is 1.59 bits per heavy atom. The minimum atomic E-state index is -4.85. The van der Waals surface area contributed by atoms with Crippen LogP contribution in [-0.4, -0.2) is 35.0 Å². The Kier molecular flexibility index (Phi) is 7.37. The molecule has 4 aromatic rings. The summed E-state index contributed by atoms with van der Waals surface area (Å²) in [6.07, 6.45) is -3.85. The Bertz CT molecular complexity index is 1410. The molecule has 0 N–H and O–H groups in total. The first-order valence-electron chi connectivity index (χ1n) is 11.5. The fraction of sp³-hybridized carbons (Fsp3) is 0.222. The van der Waals surface area contributed by atoms with Crippen molar-refractivity contribution in [2.24, 2.45) is 0 Å². The summed E-state index contributed by atoms with van der Waals surface area (Å²) in [5.41, 5.74) is 1.23. The number of alkyl halides is 3. The Morgan fingerprint density at radius 1 is 0.919 bits per heavy atom. The van der Waals surface area contributed by atoms with Gasteiger partial charge in [-0.2, -0.15) is 0 Å². The number of benzene rings is 3. The van der Waals surface area contributed by atoms with Crippen LogP contribution in [-0.2, 0) is 6.54 Å². The molecule has 4 rings (SSSR count). The van der Waals surface area contributed by atoms with E-state index >= 15 is 0 Å². The van der Waals surface area contributed by atoms with Gasteiger partial charge in [0.15, 0.2) is 0 Å². The molecule has 5 nitrogen and oxygen atoms in total. The average Bonchev–Trinajstić information content (AvgIpc) is 3.22. The fourth-order valence-corrected chi connectivity index (χ4v) is 4.15. The number of ether oxygens (including phenoxy) is 2. The van der Waals surface area contributed by atoms with Crippen molar-refractivity contribution in [1.29, 1.82) is 0 Å². The van der Waals surface area contributed by atoms with Crippen LogP contribution in [0.5, 0.6) is 11.5 Å². The van der Waals surface area contributed by atoms with Gasteiger partial charge in [0.1, 0.15) is 23.1 Å². The van der Waals surface area contributed by atoms with E-state index < -0.39 is 24.1 Å². The molecule has 0 unspecified atom stereocenters. The SMILES string of the molecule is CCN(CC)C(=O)Oc1ccc2c(ccn2Cc2ccccc2OC(F)(F)F)c1-c1cc(F)cc(F)c1. The normalized spacial score (nSPS) is 11.5. The highest BCUT2D eigenvalue weighted by Crippen LogP contribution is 2.39. The molecule has 0 aliphatic heterocycles. The van der Waals surface area contributed by atoms with E-state index in [2.05, 4.69) is 4.74 Å². The first kappa shape index (κ1) is 26.0. The van der Waals surface area contributed by atoms with Crippen molar-refractivity contribution in [3.8, 4) is 22.6 Å². The van der Waals surface area contributed by atoms with Gasteiger partial charge in [-0.05, 0) is 55.8 Å². The molecule has 1 amide bonds. The molecule has 0 atom stereocenters. The zero-order valence-electron chi connectivity index (χ0n) is 20.0. The van der Waals surface area contributed by atoms with Gasteiger partial charge < -0.3 is 18.9 Å².